The Morgan fingerprint density at radius 2 is 1.97 bits per heavy atom. The van der Waals surface area contributed by atoms with Crippen molar-refractivity contribution in [2.24, 2.45) is 5.92 Å². The van der Waals surface area contributed by atoms with Crippen LogP contribution >= 0.6 is 11.6 Å². The maximum atomic E-state index is 12.8. The Hall–Kier alpha value is -2.53. The Balaban J connectivity index is 1.56. The van der Waals surface area contributed by atoms with E-state index in [1.807, 2.05) is 57.2 Å². The Labute approximate surface area is 183 Å². The molecule has 3 rings (SSSR count). The van der Waals surface area contributed by atoms with Crippen molar-refractivity contribution in [3.8, 4) is 0 Å². The van der Waals surface area contributed by atoms with Crippen molar-refractivity contribution < 1.29 is 9.59 Å². The molecule has 1 atom stereocenters. The van der Waals surface area contributed by atoms with Gasteiger partial charge in [-0.1, -0.05) is 43.1 Å². The predicted molar refractivity (Wildman–Crippen MR) is 122 cm³/mol. The third-order valence-corrected chi connectivity index (χ3v) is 5.56. The first-order valence-corrected chi connectivity index (χ1v) is 10.9. The molecule has 0 aliphatic carbocycles. The summed E-state index contributed by atoms with van der Waals surface area (Å²) in [7, 11) is 0. The highest BCUT2D eigenvalue weighted by molar-refractivity contribution is 6.30. The number of carbonyl (C=O) groups is 2. The lowest BCUT2D eigenvalue weighted by Gasteiger charge is -2.23. The molecule has 0 spiro atoms. The van der Waals surface area contributed by atoms with Crippen LogP contribution < -0.4 is 15.5 Å². The maximum absolute atomic E-state index is 12.8. The number of aryl methyl sites for hydroxylation is 1. The van der Waals surface area contributed by atoms with Gasteiger partial charge >= 0.3 is 0 Å². The van der Waals surface area contributed by atoms with Gasteiger partial charge in [0.05, 0.1) is 0 Å². The van der Waals surface area contributed by atoms with E-state index in [1.54, 1.807) is 6.07 Å². The standard InChI is InChI=1S/C24H30ClN3O2/c1-16(2)13-21(27-23(29)19-6-4-5-17(3)14-19)24(30)26-10-12-28-11-9-18-15-20(25)7-8-22(18)28/h4-8,14-16,21H,9-13H2,1-3H3,(H,26,30)(H,27,29). The summed E-state index contributed by atoms with van der Waals surface area (Å²) in [4.78, 5) is 27.7. The van der Waals surface area contributed by atoms with Gasteiger partial charge in [-0.05, 0) is 61.6 Å². The first-order valence-electron chi connectivity index (χ1n) is 10.5. The molecule has 0 saturated heterocycles. The summed E-state index contributed by atoms with van der Waals surface area (Å²) in [6.07, 6.45) is 1.56. The third-order valence-electron chi connectivity index (χ3n) is 5.32. The second-order valence-electron chi connectivity index (χ2n) is 8.33. The number of carbonyl (C=O) groups excluding carboxylic acids is 2. The zero-order valence-electron chi connectivity index (χ0n) is 17.9. The molecule has 1 heterocycles. The van der Waals surface area contributed by atoms with Crippen LogP contribution in [0.4, 0.5) is 5.69 Å². The van der Waals surface area contributed by atoms with Gasteiger partial charge in [-0.2, -0.15) is 0 Å². The molecule has 160 valence electrons. The van der Waals surface area contributed by atoms with E-state index in [0.717, 1.165) is 30.1 Å². The molecule has 30 heavy (non-hydrogen) atoms. The van der Waals surface area contributed by atoms with Crippen molar-refractivity contribution in [2.75, 3.05) is 24.5 Å². The SMILES string of the molecule is Cc1cccc(C(=O)NC(CC(C)C)C(=O)NCCN2CCc3cc(Cl)ccc32)c1. The van der Waals surface area contributed by atoms with Gasteiger partial charge in [0.2, 0.25) is 5.91 Å². The van der Waals surface area contributed by atoms with Gasteiger partial charge in [0.1, 0.15) is 6.04 Å². The molecule has 0 fully saturated rings. The molecule has 2 aromatic rings. The fourth-order valence-corrected chi connectivity index (χ4v) is 4.03. The minimum absolute atomic E-state index is 0.139. The van der Waals surface area contributed by atoms with Crippen molar-refractivity contribution in [2.45, 2.75) is 39.7 Å². The molecule has 2 N–H and O–H groups in total. The molecule has 6 heteroatoms. The number of hydrogen-bond donors (Lipinski definition) is 2. The summed E-state index contributed by atoms with van der Waals surface area (Å²) >= 11 is 6.08. The predicted octanol–water partition coefficient (Wildman–Crippen LogP) is 3.97. The number of fused-ring (bicyclic) bond motifs is 1. The zero-order chi connectivity index (χ0) is 21.7. The number of nitrogens with zero attached hydrogens (tertiary/aromatic N) is 1. The largest absolute Gasteiger partial charge is 0.369 e. The lowest BCUT2D eigenvalue weighted by Crippen LogP contribution is -2.48. The van der Waals surface area contributed by atoms with Crippen LogP contribution in [0.15, 0.2) is 42.5 Å². The van der Waals surface area contributed by atoms with Gasteiger partial charge in [-0.3, -0.25) is 9.59 Å². The van der Waals surface area contributed by atoms with Crippen LogP contribution in [-0.4, -0.2) is 37.5 Å². The van der Waals surface area contributed by atoms with E-state index >= 15 is 0 Å². The summed E-state index contributed by atoms with van der Waals surface area (Å²) < 4.78 is 0. The highest BCUT2D eigenvalue weighted by atomic mass is 35.5. The van der Waals surface area contributed by atoms with Crippen molar-refractivity contribution in [1.82, 2.24) is 10.6 Å². The number of anilines is 1. The van der Waals surface area contributed by atoms with Gasteiger partial charge in [-0.15, -0.1) is 0 Å². The molecule has 2 aromatic carbocycles. The van der Waals surface area contributed by atoms with Crippen LogP contribution in [0.2, 0.25) is 5.02 Å². The molecule has 1 aliphatic rings. The van der Waals surface area contributed by atoms with E-state index in [2.05, 4.69) is 15.5 Å². The quantitative estimate of drug-likeness (QED) is 0.670. The van der Waals surface area contributed by atoms with Gasteiger partial charge in [0.15, 0.2) is 0 Å². The monoisotopic (exact) mass is 427 g/mol. The van der Waals surface area contributed by atoms with Crippen LogP contribution in [0.5, 0.6) is 0 Å². The van der Waals surface area contributed by atoms with Crippen molar-refractivity contribution in [1.29, 1.82) is 0 Å². The number of amides is 2. The fourth-order valence-electron chi connectivity index (χ4n) is 3.84. The zero-order valence-corrected chi connectivity index (χ0v) is 18.6. The van der Waals surface area contributed by atoms with Gasteiger partial charge in [-0.25, -0.2) is 0 Å². The summed E-state index contributed by atoms with van der Waals surface area (Å²) in [5.74, 6) is -0.0705. The Morgan fingerprint density at radius 3 is 2.70 bits per heavy atom. The molecule has 0 bridgehead atoms. The molecule has 2 amide bonds. The van der Waals surface area contributed by atoms with Gasteiger partial charge in [0, 0.05) is 35.9 Å². The van der Waals surface area contributed by atoms with Crippen LogP contribution in [0.25, 0.3) is 0 Å². The van der Waals surface area contributed by atoms with Crippen molar-refractivity contribution in [3.63, 3.8) is 0 Å². The average Bonchev–Trinajstić information content (AvgIpc) is 3.09. The summed E-state index contributed by atoms with van der Waals surface area (Å²) in [6, 6.07) is 12.8. The van der Waals surface area contributed by atoms with Crippen LogP contribution in [0.3, 0.4) is 0 Å². The topological polar surface area (TPSA) is 61.4 Å². The Morgan fingerprint density at radius 1 is 1.17 bits per heavy atom. The van der Waals surface area contributed by atoms with E-state index in [0.29, 0.717) is 18.5 Å². The smallest absolute Gasteiger partial charge is 0.251 e. The highest BCUT2D eigenvalue weighted by Gasteiger charge is 2.23. The summed E-state index contributed by atoms with van der Waals surface area (Å²) in [5.41, 5.74) is 4.01. The highest BCUT2D eigenvalue weighted by Crippen LogP contribution is 2.29. The van der Waals surface area contributed by atoms with Crippen molar-refractivity contribution in [3.05, 3.63) is 64.2 Å². The fraction of sp³-hybridized carbons (Fsp3) is 0.417. The number of hydrogen-bond acceptors (Lipinski definition) is 3. The van der Waals surface area contributed by atoms with Crippen molar-refractivity contribution >= 4 is 29.1 Å². The average molecular weight is 428 g/mol. The number of benzene rings is 2. The lowest BCUT2D eigenvalue weighted by atomic mass is 10.0. The normalized spacial score (nSPS) is 13.8. The van der Waals surface area contributed by atoms with Crippen LogP contribution in [-0.2, 0) is 11.2 Å². The first-order chi connectivity index (χ1) is 14.3. The first kappa shape index (κ1) is 22.2. The number of rotatable bonds is 8. The Bertz CT molecular complexity index is 913. The summed E-state index contributed by atoms with van der Waals surface area (Å²) in [5, 5.41) is 6.67. The minimum Gasteiger partial charge on any atom is -0.369 e. The number of halogens is 1. The maximum Gasteiger partial charge on any atom is 0.251 e. The van der Waals surface area contributed by atoms with E-state index in [4.69, 9.17) is 11.6 Å². The molecule has 1 unspecified atom stereocenters. The van der Waals surface area contributed by atoms with Gasteiger partial charge in [0.25, 0.3) is 5.91 Å². The third kappa shape index (κ3) is 5.76. The Kier molecular flexibility index (Phi) is 7.38. The molecule has 1 aliphatic heterocycles. The van der Waals surface area contributed by atoms with E-state index in [9.17, 15) is 9.59 Å². The van der Waals surface area contributed by atoms with E-state index < -0.39 is 6.04 Å². The molecular weight excluding hydrogens is 398 g/mol. The second-order valence-corrected chi connectivity index (χ2v) is 8.76. The molecular formula is C24H30ClN3O2. The number of nitrogens with one attached hydrogen (secondary N) is 2. The molecule has 5 nitrogen and oxygen atoms in total. The minimum atomic E-state index is -0.553. The van der Waals surface area contributed by atoms with E-state index in [-0.39, 0.29) is 17.7 Å². The van der Waals surface area contributed by atoms with Crippen LogP contribution in [0, 0.1) is 12.8 Å². The molecule has 0 aromatic heterocycles. The second kappa shape index (κ2) is 9.98. The van der Waals surface area contributed by atoms with E-state index in [1.165, 1.54) is 11.3 Å². The van der Waals surface area contributed by atoms with Gasteiger partial charge < -0.3 is 15.5 Å². The molecule has 0 saturated carbocycles. The van der Waals surface area contributed by atoms with Crippen LogP contribution in [0.1, 0.15) is 41.8 Å². The summed E-state index contributed by atoms with van der Waals surface area (Å²) in [6.45, 7) is 8.21. The lowest BCUT2D eigenvalue weighted by molar-refractivity contribution is -0.123. The molecule has 0 radical (unpaired) electrons.